The zero-order valence-electron chi connectivity index (χ0n) is 14.7. The van der Waals surface area contributed by atoms with Crippen LogP contribution in [0.2, 0.25) is 0 Å². The number of rotatable bonds is 6. The average molecular weight is 411 g/mol. The Hall–Kier alpha value is -2.07. The molecule has 2 aliphatic rings. The summed E-state index contributed by atoms with van der Waals surface area (Å²) < 4.78 is 29.5. The maximum Gasteiger partial charge on any atom is 0.248 e. The van der Waals surface area contributed by atoms with Crippen LogP contribution in [-0.2, 0) is 19.4 Å². The molecule has 0 aromatic heterocycles. The molecule has 10 heteroatoms. The lowest BCUT2D eigenvalue weighted by molar-refractivity contribution is -0.305. The van der Waals surface area contributed by atoms with Gasteiger partial charge in [-0.25, -0.2) is 8.42 Å². The molecule has 27 heavy (non-hydrogen) atoms. The van der Waals surface area contributed by atoms with E-state index in [1.807, 2.05) is 0 Å². The number of carboxylic acids is 1. The quantitative estimate of drug-likeness (QED) is 0.653. The number of aliphatic carboxylic acids is 1. The summed E-state index contributed by atoms with van der Waals surface area (Å²) in [6, 6.07) is 6.83. The molecule has 1 amide bonds. The standard InChI is InChI=1S/C17H20N2O6S2/c1-25-13-6-3-2-5-11(13)19-12-9-27(23,24)10-14(12)26-17(19)18-15(20)7-4-8-16(21)22/h2-3,5-6,12,14H,4,7-10H2,1H3,(H,21,22)/p-1/t12-,14-/m0/s1. The number of carbonyl (C=O) groups excluding carboxylic acids is 2. The lowest BCUT2D eigenvalue weighted by Gasteiger charge is -2.26. The number of para-hydroxylation sites is 2. The molecular formula is C17H19N2O6S2-. The Morgan fingerprint density at radius 1 is 1.30 bits per heavy atom. The second-order valence-electron chi connectivity index (χ2n) is 6.36. The van der Waals surface area contributed by atoms with Crippen molar-refractivity contribution in [3.8, 4) is 5.75 Å². The number of carboxylic acid groups (broad SMARTS) is 1. The Labute approximate surface area is 161 Å². The van der Waals surface area contributed by atoms with Gasteiger partial charge in [0.05, 0.1) is 30.3 Å². The van der Waals surface area contributed by atoms with Gasteiger partial charge in [-0.15, -0.1) is 0 Å². The average Bonchev–Trinajstić information content (AvgIpc) is 3.05. The van der Waals surface area contributed by atoms with Crippen LogP contribution >= 0.6 is 11.8 Å². The second kappa shape index (κ2) is 7.89. The Kier molecular flexibility index (Phi) is 5.75. The highest BCUT2D eigenvalue weighted by molar-refractivity contribution is 8.16. The molecule has 8 nitrogen and oxygen atoms in total. The number of hydrogen-bond donors (Lipinski definition) is 0. The largest absolute Gasteiger partial charge is 0.550 e. The first-order chi connectivity index (χ1) is 12.8. The van der Waals surface area contributed by atoms with Crippen LogP contribution in [0.4, 0.5) is 5.69 Å². The molecule has 2 heterocycles. The van der Waals surface area contributed by atoms with E-state index < -0.39 is 21.7 Å². The number of benzene rings is 1. The van der Waals surface area contributed by atoms with Crippen LogP contribution < -0.4 is 14.7 Å². The molecule has 3 rings (SSSR count). The lowest BCUT2D eigenvalue weighted by Crippen LogP contribution is -2.38. The molecule has 0 aliphatic carbocycles. The van der Waals surface area contributed by atoms with E-state index >= 15 is 0 Å². The molecular weight excluding hydrogens is 392 g/mol. The van der Waals surface area contributed by atoms with E-state index in [1.54, 1.807) is 29.2 Å². The van der Waals surface area contributed by atoms with E-state index in [1.165, 1.54) is 18.9 Å². The summed E-state index contributed by atoms with van der Waals surface area (Å²) in [4.78, 5) is 28.6. The summed E-state index contributed by atoms with van der Waals surface area (Å²) in [5.41, 5.74) is 0.651. The number of anilines is 1. The SMILES string of the molecule is COc1ccccc1N1C(=NC(=O)CCCC(=O)[O-])S[C@H]2CS(=O)(=O)C[C@@H]21. The monoisotopic (exact) mass is 411 g/mol. The number of fused-ring (bicyclic) bond motifs is 1. The van der Waals surface area contributed by atoms with Crippen molar-refractivity contribution in [1.29, 1.82) is 0 Å². The number of sulfone groups is 1. The predicted octanol–water partition coefficient (Wildman–Crippen LogP) is 0.217. The van der Waals surface area contributed by atoms with Gasteiger partial charge in [0.15, 0.2) is 15.0 Å². The molecule has 0 unspecified atom stereocenters. The number of methoxy groups -OCH3 is 1. The molecule has 2 fully saturated rings. The van der Waals surface area contributed by atoms with Gasteiger partial charge >= 0.3 is 0 Å². The number of hydrogen-bond acceptors (Lipinski definition) is 7. The zero-order valence-corrected chi connectivity index (χ0v) is 16.3. The minimum atomic E-state index is -3.16. The molecule has 0 bridgehead atoms. The summed E-state index contributed by atoms with van der Waals surface area (Å²) in [7, 11) is -1.64. The van der Waals surface area contributed by atoms with Crippen molar-refractivity contribution < 1.29 is 27.9 Å². The minimum Gasteiger partial charge on any atom is -0.550 e. The molecule has 0 spiro atoms. The van der Waals surface area contributed by atoms with E-state index in [9.17, 15) is 23.1 Å². The Morgan fingerprint density at radius 3 is 2.74 bits per heavy atom. The maximum atomic E-state index is 12.2. The fraction of sp³-hybridized carbons (Fsp3) is 0.471. The first-order valence-corrected chi connectivity index (χ1v) is 11.1. The Balaban J connectivity index is 1.90. The lowest BCUT2D eigenvalue weighted by atomic mass is 10.2. The molecule has 2 atom stereocenters. The van der Waals surface area contributed by atoms with Crippen molar-refractivity contribution in [3.63, 3.8) is 0 Å². The van der Waals surface area contributed by atoms with Gasteiger partial charge in [-0.1, -0.05) is 23.9 Å². The predicted molar refractivity (Wildman–Crippen MR) is 101 cm³/mol. The van der Waals surface area contributed by atoms with E-state index in [-0.39, 0.29) is 42.1 Å². The van der Waals surface area contributed by atoms with Crippen molar-refractivity contribution in [3.05, 3.63) is 24.3 Å². The number of carbonyl (C=O) groups is 2. The van der Waals surface area contributed by atoms with Crippen molar-refractivity contribution in [2.75, 3.05) is 23.5 Å². The summed E-state index contributed by atoms with van der Waals surface area (Å²) in [6.45, 7) is 0. The summed E-state index contributed by atoms with van der Waals surface area (Å²) >= 11 is 1.27. The van der Waals surface area contributed by atoms with Crippen molar-refractivity contribution in [1.82, 2.24) is 0 Å². The third-order valence-electron chi connectivity index (χ3n) is 4.40. The molecule has 1 aromatic carbocycles. The summed E-state index contributed by atoms with van der Waals surface area (Å²) in [5, 5.41) is 10.7. The van der Waals surface area contributed by atoms with Crippen molar-refractivity contribution >= 4 is 44.3 Å². The fourth-order valence-corrected chi connectivity index (χ4v) is 7.15. The highest BCUT2D eigenvalue weighted by Gasteiger charge is 2.49. The van der Waals surface area contributed by atoms with Crippen molar-refractivity contribution in [2.24, 2.45) is 4.99 Å². The van der Waals surface area contributed by atoms with Crippen LogP contribution in [0.1, 0.15) is 19.3 Å². The van der Waals surface area contributed by atoms with Crippen LogP contribution in [0.3, 0.4) is 0 Å². The Bertz CT molecular complexity index is 883. The van der Waals surface area contributed by atoms with Crippen LogP contribution in [0.5, 0.6) is 5.75 Å². The highest BCUT2D eigenvalue weighted by atomic mass is 32.2. The first-order valence-electron chi connectivity index (χ1n) is 8.41. The number of ether oxygens (including phenoxy) is 1. The number of thioether (sulfide) groups is 1. The van der Waals surface area contributed by atoms with Gasteiger partial charge in [-0.3, -0.25) is 4.79 Å². The fourth-order valence-electron chi connectivity index (χ4n) is 3.22. The molecule has 146 valence electrons. The number of amides is 1. The van der Waals surface area contributed by atoms with E-state index in [4.69, 9.17) is 4.74 Å². The van der Waals surface area contributed by atoms with Crippen molar-refractivity contribution in [2.45, 2.75) is 30.6 Å². The van der Waals surface area contributed by atoms with Crippen LogP contribution in [0.15, 0.2) is 29.3 Å². The number of nitrogens with zero attached hydrogens (tertiary/aromatic N) is 2. The molecule has 0 N–H and O–H groups in total. The topological polar surface area (TPSA) is 116 Å². The van der Waals surface area contributed by atoms with E-state index in [0.29, 0.717) is 16.6 Å². The number of amidine groups is 1. The van der Waals surface area contributed by atoms with Crippen LogP contribution in [0, 0.1) is 0 Å². The third kappa shape index (κ3) is 4.44. The molecule has 0 saturated carbocycles. The second-order valence-corrected chi connectivity index (χ2v) is 9.72. The normalized spacial score (nSPS) is 24.8. The molecule has 2 saturated heterocycles. The molecule has 2 aliphatic heterocycles. The van der Waals surface area contributed by atoms with Gasteiger partial charge in [-0.2, -0.15) is 4.99 Å². The highest BCUT2D eigenvalue weighted by Crippen LogP contribution is 2.43. The molecule has 0 radical (unpaired) electrons. The third-order valence-corrected chi connectivity index (χ3v) is 7.61. The van der Waals surface area contributed by atoms with Crippen LogP contribution in [0.25, 0.3) is 0 Å². The minimum absolute atomic E-state index is 0.00850. The van der Waals surface area contributed by atoms with E-state index in [0.717, 1.165) is 0 Å². The van der Waals surface area contributed by atoms with Gasteiger partial charge < -0.3 is 19.5 Å². The smallest absolute Gasteiger partial charge is 0.248 e. The summed E-state index contributed by atoms with van der Waals surface area (Å²) in [5.74, 6) is -1.07. The summed E-state index contributed by atoms with van der Waals surface area (Å²) in [6.07, 6.45) is -0.0621. The van der Waals surface area contributed by atoms with Gasteiger partial charge in [0, 0.05) is 17.6 Å². The van der Waals surface area contributed by atoms with Gasteiger partial charge in [0.1, 0.15) is 5.75 Å². The van der Waals surface area contributed by atoms with Gasteiger partial charge in [0.2, 0.25) is 5.91 Å². The Morgan fingerprint density at radius 2 is 2.04 bits per heavy atom. The van der Waals surface area contributed by atoms with Gasteiger partial charge in [-0.05, 0) is 25.0 Å². The van der Waals surface area contributed by atoms with E-state index in [2.05, 4.69) is 4.99 Å². The maximum absolute atomic E-state index is 12.2. The molecule has 1 aromatic rings. The first kappa shape index (κ1) is 19.7. The zero-order chi connectivity index (χ0) is 19.6. The number of aliphatic imine (C=N–C) groups is 1. The van der Waals surface area contributed by atoms with Gasteiger partial charge in [0.25, 0.3) is 0 Å². The van der Waals surface area contributed by atoms with Crippen LogP contribution in [-0.4, -0.2) is 55.4 Å².